The van der Waals surface area contributed by atoms with E-state index in [2.05, 4.69) is 47.7 Å². The largest absolute Gasteiger partial charge is 0.378 e. The summed E-state index contributed by atoms with van der Waals surface area (Å²) < 4.78 is 21.6. The van der Waals surface area contributed by atoms with Crippen LogP contribution >= 0.6 is 27.7 Å². The highest BCUT2D eigenvalue weighted by Crippen LogP contribution is 2.28. The Hall–Kier alpha value is -1.90. The van der Waals surface area contributed by atoms with Gasteiger partial charge in [0.15, 0.2) is 5.16 Å². The summed E-state index contributed by atoms with van der Waals surface area (Å²) in [6.07, 6.45) is 0. The van der Waals surface area contributed by atoms with Crippen molar-refractivity contribution in [3.05, 3.63) is 69.9 Å². The summed E-state index contributed by atoms with van der Waals surface area (Å²) in [5.41, 5.74) is 2.23. The highest BCUT2D eigenvalue weighted by atomic mass is 79.9. The number of anilines is 1. The van der Waals surface area contributed by atoms with Gasteiger partial charge in [0, 0.05) is 18.8 Å². The van der Waals surface area contributed by atoms with Crippen LogP contribution in [0.5, 0.6) is 0 Å². The average Bonchev–Trinajstić information content (AvgIpc) is 3.13. The predicted octanol–water partition coefficient (Wildman–Crippen LogP) is 4.36. The molecule has 1 aromatic heterocycles. The molecule has 0 bridgehead atoms. The molecule has 0 amide bonds. The Morgan fingerprint density at radius 3 is 2.57 bits per heavy atom. The number of hydrogen-bond acceptors (Lipinski definition) is 5. The molecule has 2 aromatic carbocycles. The average molecular weight is 463 g/mol. The minimum atomic E-state index is -0.254. The van der Waals surface area contributed by atoms with Gasteiger partial charge in [-0.1, -0.05) is 48.2 Å². The number of ether oxygens (including phenoxy) is 1. The van der Waals surface area contributed by atoms with Crippen LogP contribution in [0.2, 0.25) is 0 Å². The van der Waals surface area contributed by atoms with E-state index in [0.717, 1.165) is 29.8 Å². The van der Waals surface area contributed by atoms with Gasteiger partial charge in [0.2, 0.25) is 5.95 Å². The molecule has 3 aromatic rings. The highest BCUT2D eigenvalue weighted by molar-refractivity contribution is 9.10. The molecule has 1 aliphatic heterocycles. The first-order chi connectivity index (χ1) is 13.7. The molecular formula is C20H20BrFN4OS. The number of nitrogens with zero attached hydrogens (tertiary/aromatic N) is 4. The zero-order valence-corrected chi connectivity index (χ0v) is 17.6. The van der Waals surface area contributed by atoms with Gasteiger partial charge in [-0.2, -0.15) is 0 Å². The fourth-order valence-corrected chi connectivity index (χ4v) is 4.37. The van der Waals surface area contributed by atoms with Gasteiger partial charge in [0.05, 0.1) is 24.2 Å². The first kappa shape index (κ1) is 19.4. The molecule has 8 heteroatoms. The molecule has 28 heavy (non-hydrogen) atoms. The lowest BCUT2D eigenvalue weighted by atomic mass is 10.2. The SMILES string of the molecule is Fc1ccc(CSc2nnc(N3CCOCC3)n2Cc2ccccc2)cc1Br. The summed E-state index contributed by atoms with van der Waals surface area (Å²) in [6, 6.07) is 15.4. The quantitative estimate of drug-likeness (QED) is 0.509. The van der Waals surface area contributed by atoms with Crippen molar-refractivity contribution >= 4 is 33.6 Å². The van der Waals surface area contributed by atoms with E-state index in [1.165, 1.54) is 11.6 Å². The second-order valence-corrected chi connectivity index (χ2v) is 8.29. The number of hydrogen-bond donors (Lipinski definition) is 0. The molecule has 2 heterocycles. The van der Waals surface area contributed by atoms with Gasteiger partial charge < -0.3 is 9.64 Å². The first-order valence-corrected chi connectivity index (χ1v) is 10.8. The van der Waals surface area contributed by atoms with Crippen molar-refractivity contribution < 1.29 is 9.13 Å². The number of halogens is 2. The molecule has 0 atom stereocenters. The van der Waals surface area contributed by atoms with Crippen molar-refractivity contribution in [2.45, 2.75) is 17.5 Å². The fraction of sp³-hybridized carbons (Fsp3) is 0.300. The maximum Gasteiger partial charge on any atom is 0.228 e. The molecule has 1 fully saturated rings. The predicted molar refractivity (Wildman–Crippen MR) is 112 cm³/mol. The van der Waals surface area contributed by atoms with Gasteiger partial charge in [0.25, 0.3) is 0 Å². The van der Waals surface area contributed by atoms with Crippen LogP contribution in [0.15, 0.2) is 58.2 Å². The standard InChI is InChI=1S/C20H20BrFN4OS/c21-17-12-16(6-7-18(17)22)14-28-20-24-23-19(25-8-10-27-11-9-25)26(20)13-15-4-2-1-3-5-15/h1-7,12H,8-11,13-14H2. The number of rotatable bonds is 6. The number of aromatic nitrogens is 3. The third-order valence-corrected chi connectivity index (χ3v) is 6.17. The Morgan fingerprint density at radius 2 is 1.82 bits per heavy atom. The minimum Gasteiger partial charge on any atom is -0.378 e. The van der Waals surface area contributed by atoms with Crippen LogP contribution in [0, 0.1) is 5.82 Å². The summed E-state index contributed by atoms with van der Waals surface area (Å²) in [5.74, 6) is 1.31. The van der Waals surface area contributed by atoms with E-state index >= 15 is 0 Å². The molecule has 146 valence electrons. The summed E-state index contributed by atoms with van der Waals surface area (Å²) >= 11 is 4.86. The molecule has 0 N–H and O–H groups in total. The lowest BCUT2D eigenvalue weighted by molar-refractivity contribution is 0.121. The Balaban J connectivity index is 1.58. The van der Waals surface area contributed by atoms with Crippen LogP contribution in [0.1, 0.15) is 11.1 Å². The fourth-order valence-electron chi connectivity index (χ4n) is 3.07. The smallest absolute Gasteiger partial charge is 0.228 e. The molecule has 5 nitrogen and oxygen atoms in total. The molecule has 0 saturated carbocycles. The van der Waals surface area contributed by atoms with Crippen molar-refractivity contribution in [1.82, 2.24) is 14.8 Å². The van der Waals surface area contributed by atoms with Crippen molar-refractivity contribution in [3.8, 4) is 0 Å². The Morgan fingerprint density at radius 1 is 1.04 bits per heavy atom. The van der Waals surface area contributed by atoms with Crippen molar-refractivity contribution in [3.63, 3.8) is 0 Å². The molecule has 4 rings (SSSR count). The molecule has 0 spiro atoms. The van der Waals surface area contributed by atoms with E-state index in [1.54, 1.807) is 17.8 Å². The van der Waals surface area contributed by atoms with Crippen LogP contribution in [0.25, 0.3) is 0 Å². The van der Waals surface area contributed by atoms with E-state index in [0.29, 0.717) is 30.0 Å². The van der Waals surface area contributed by atoms with Crippen LogP contribution in [-0.2, 0) is 17.0 Å². The molecular weight excluding hydrogens is 443 g/mol. The third-order valence-electron chi connectivity index (χ3n) is 4.53. The van der Waals surface area contributed by atoms with Crippen LogP contribution in [0.4, 0.5) is 10.3 Å². The maximum absolute atomic E-state index is 13.5. The lowest BCUT2D eigenvalue weighted by Gasteiger charge is -2.28. The van der Waals surface area contributed by atoms with Gasteiger partial charge in [-0.25, -0.2) is 4.39 Å². The number of thioether (sulfide) groups is 1. The maximum atomic E-state index is 13.5. The van der Waals surface area contributed by atoms with Gasteiger partial charge in [-0.15, -0.1) is 10.2 Å². The van der Waals surface area contributed by atoms with Crippen LogP contribution in [-0.4, -0.2) is 41.1 Å². The van der Waals surface area contributed by atoms with E-state index < -0.39 is 0 Å². The van der Waals surface area contributed by atoms with Crippen molar-refractivity contribution in [2.75, 3.05) is 31.2 Å². The molecule has 1 saturated heterocycles. The molecule has 0 radical (unpaired) electrons. The topological polar surface area (TPSA) is 43.2 Å². The normalized spacial score (nSPS) is 14.4. The molecule has 0 aliphatic carbocycles. The van der Waals surface area contributed by atoms with Crippen LogP contribution in [0.3, 0.4) is 0 Å². The highest BCUT2D eigenvalue weighted by Gasteiger charge is 2.21. The second kappa shape index (κ2) is 9.07. The second-order valence-electron chi connectivity index (χ2n) is 6.49. The van der Waals surface area contributed by atoms with E-state index in [-0.39, 0.29) is 5.82 Å². The van der Waals surface area contributed by atoms with Crippen molar-refractivity contribution in [1.29, 1.82) is 0 Å². The third kappa shape index (κ3) is 4.56. The number of morpholine rings is 1. The van der Waals surface area contributed by atoms with Crippen LogP contribution < -0.4 is 4.90 Å². The van der Waals surface area contributed by atoms with E-state index in [4.69, 9.17) is 4.74 Å². The van der Waals surface area contributed by atoms with Gasteiger partial charge in [0.1, 0.15) is 5.82 Å². The summed E-state index contributed by atoms with van der Waals surface area (Å²) in [7, 11) is 0. The monoisotopic (exact) mass is 462 g/mol. The number of benzene rings is 2. The molecule has 0 unspecified atom stereocenters. The van der Waals surface area contributed by atoms with E-state index in [9.17, 15) is 4.39 Å². The lowest BCUT2D eigenvalue weighted by Crippen LogP contribution is -2.38. The zero-order valence-electron chi connectivity index (χ0n) is 15.2. The van der Waals surface area contributed by atoms with Crippen molar-refractivity contribution in [2.24, 2.45) is 0 Å². The van der Waals surface area contributed by atoms with Gasteiger partial charge >= 0.3 is 0 Å². The van der Waals surface area contributed by atoms with E-state index in [1.807, 2.05) is 24.3 Å². The first-order valence-electron chi connectivity index (χ1n) is 9.07. The molecule has 1 aliphatic rings. The van der Waals surface area contributed by atoms with Gasteiger partial charge in [-0.05, 0) is 39.2 Å². The Kier molecular flexibility index (Phi) is 6.29. The Bertz CT molecular complexity index is 931. The summed E-state index contributed by atoms with van der Waals surface area (Å²) in [4.78, 5) is 2.22. The zero-order chi connectivity index (χ0) is 19.3. The minimum absolute atomic E-state index is 0.254. The summed E-state index contributed by atoms with van der Waals surface area (Å²) in [6.45, 7) is 3.72. The summed E-state index contributed by atoms with van der Waals surface area (Å²) in [5, 5.41) is 9.78. The van der Waals surface area contributed by atoms with Gasteiger partial charge in [-0.3, -0.25) is 4.57 Å². The Labute approximate surface area is 176 Å².